The fourth-order valence-corrected chi connectivity index (χ4v) is 2.66. The highest BCUT2D eigenvalue weighted by Crippen LogP contribution is 2.34. The van der Waals surface area contributed by atoms with Crippen LogP contribution in [0, 0.1) is 10.1 Å². The second kappa shape index (κ2) is 7.19. The van der Waals surface area contributed by atoms with Gasteiger partial charge in [0.25, 0.3) is 5.69 Å². The third-order valence-corrected chi connectivity index (χ3v) is 3.75. The molecule has 0 saturated heterocycles. The third kappa shape index (κ3) is 3.65. The predicted molar refractivity (Wildman–Crippen MR) is 89.8 cm³/mol. The highest BCUT2D eigenvalue weighted by atomic mass is 35.5. The van der Waals surface area contributed by atoms with E-state index >= 15 is 0 Å². The lowest BCUT2D eigenvalue weighted by atomic mass is 10.1. The van der Waals surface area contributed by atoms with E-state index in [2.05, 4.69) is 0 Å². The first-order chi connectivity index (χ1) is 11.0. The zero-order valence-electron chi connectivity index (χ0n) is 13.1. The molecule has 0 N–H and O–H groups in total. The van der Waals surface area contributed by atoms with Crippen molar-refractivity contribution in [2.45, 2.75) is 6.54 Å². The standard InChI is InChI=1S/C16H17ClN2O4/c1-18(14-8-7-12(19(20)21)9-13(14)17)10-11-5-4-6-15(22-2)16(11)23-3/h4-9H,10H2,1-3H3. The van der Waals surface area contributed by atoms with E-state index in [9.17, 15) is 10.1 Å². The number of methoxy groups -OCH3 is 2. The molecule has 0 aliphatic carbocycles. The van der Waals surface area contributed by atoms with E-state index in [1.807, 2.05) is 30.1 Å². The van der Waals surface area contributed by atoms with Crippen molar-refractivity contribution in [2.24, 2.45) is 0 Å². The molecule has 0 radical (unpaired) electrons. The zero-order chi connectivity index (χ0) is 17.0. The summed E-state index contributed by atoms with van der Waals surface area (Å²) in [5.74, 6) is 1.30. The normalized spacial score (nSPS) is 10.3. The minimum absolute atomic E-state index is 0.0360. The molecule has 0 atom stereocenters. The number of hydrogen-bond donors (Lipinski definition) is 0. The summed E-state index contributed by atoms with van der Waals surface area (Å²) >= 11 is 6.16. The largest absolute Gasteiger partial charge is 0.493 e. The molecule has 122 valence electrons. The van der Waals surface area contributed by atoms with Crippen molar-refractivity contribution in [3.05, 3.63) is 57.1 Å². The molecule has 2 aromatic rings. The summed E-state index contributed by atoms with van der Waals surface area (Å²) in [4.78, 5) is 12.2. The molecule has 0 fully saturated rings. The predicted octanol–water partition coefficient (Wildman–Crippen LogP) is 3.90. The Bertz CT molecular complexity index is 721. The quantitative estimate of drug-likeness (QED) is 0.591. The molecule has 0 aliphatic rings. The smallest absolute Gasteiger partial charge is 0.271 e. The Balaban J connectivity index is 2.29. The number of rotatable bonds is 6. The number of nitro benzene ring substituents is 1. The molecule has 0 unspecified atom stereocenters. The van der Waals surface area contributed by atoms with Gasteiger partial charge in [-0.25, -0.2) is 0 Å². The van der Waals surface area contributed by atoms with Crippen molar-refractivity contribution in [1.82, 2.24) is 0 Å². The fraction of sp³-hybridized carbons (Fsp3) is 0.250. The maximum absolute atomic E-state index is 10.8. The van der Waals surface area contributed by atoms with Crippen molar-refractivity contribution in [1.29, 1.82) is 0 Å². The number of non-ortho nitro benzene ring substituents is 1. The molecule has 2 aromatic carbocycles. The number of benzene rings is 2. The lowest BCUT2D eigenvalue weighted by Gasteiger charge is -2.22. The number of hydrogen-bond acceptors (Lipinski definition) is 5. The molecule has 0 aromatic heterocycles. The number of ether oxygens (including phenoxy) is 2. The lowest BCUT2D eigenvalue weighted by Crippen LogP contribution is -2.17. The van der Waals surface area contributed by atoms with Gasteiger partial charge in [-0.05, 0) is 12.1 Å². The van der Waals surface area contributed by atoms with E-state index < -0.39 is 4.92 Å². The summed E-state index contributed by atoms with van der Waals surface area (Å²) in [6.45, 7) is 0.512. The van der Waals surface area contributed by atoms with Crippen LogP contribution in [0.3, 0.4) is 0 Å². The summed E-state index contributed by atoms with van der Waals surface area (Å²) in [7, 11) is 5.02. The van der Waals surface area contributed by atoms with E-state index in [1.54, 1.807) is 20.3 Å². The highest BCUT2D eigenvalue weighted by Gasteiger charge is 2.15. The molecule has 0 amide bonds. The van der Waals surface area contributed by atoms with Gasteiger partial charge in [0.15, 0.2) is 11.5 Å². The van der Waals surface area contributed by atoms with E-state index in [4.69, 9.17) is 21.1 Å². The number of nitrogens with zero attached hydrogens (tertiary/aromatic N) is 2. The molecule has 0 saturated carbocycles. The number of halogens is 1. The number of anilines is 1. The third-order valence-electron chi connectivity index (χ3n) is 3.45. The minimum atomic E-state index is -0.471. The average molecular weight is 337 g/mol. The van der Waals surface area contributed by atoms with Gasteiger partial charge in [0.1, 0.15) is 0 Å². The van der Waals surface area contributed by atoms with Crippen molar-refractivity contribution >= 4 is 23.0 Å². The molecule has 0 aliphatic heterocycles. The summed E-state index contributed by atoms with van der Waals surface area (Å²) in [5, 5.41) is 11.1. The molecule has 6 nitrogen and oxygen atoms in total. The van der Waals surface area contributed by atoms with Crippen LogP contribution < -0.4 is 14.4 Å². The maximum atomic E-state index is 10.8. The first kappa shape index (κ1) is 16.9. The maximum Gasteiger partial charge on any atom is 0.271 e. The van der Waals surface area contributed by atoms with Crippen molar-refractivity contribution in [3.63, 3.8) is 0 Å². The van der Waals surface area contributed by atoms with E-state index in [-0.39, 0.29) is 5.69 Å². The minimum Gasteiger partial charge on any atom is -0.493 e. The fourth-order valence-electron chi connectivity index (χ4n) is 2.34. The van der Waals surface area contributed by atoms with Crippen LogP contribution in [-0.2, 0) is 6.54 Å². The van der Waals surface area contributed by atoms with Gasteiger partial charge in [-0.1, -0.05) is 23.7 Å². The first-order valence-corrected chi connectivity index (χ1v) is 7.20. The molecule has 0 spiro atoms. The van der Waals surface area contributed by atoms with Gasteiger partial charge in [-0.2, -0.15) is 0 Å². The lowest BCUT2D eigenvalue weighted by molar-refractivity contribution is -0.384. The second-order valence-corrected chi connectivity index (χ2v) is 5.31. The Morgan fingerprint density at radius 2 is 1.96 bits per heavy atom. The van der Waals surface area contributed by atoms with Crippen LogP contribution in [-0.4, -0.2) is 26.2 Å². The van der Waals surface area contributed by atoms with Crippen LogP contribution in [0.2, 0.25) is 5.02 Å². The van der Waals surface area contributed by atoms with Crippen LogP contribution in [0.4, 0.5) is 11.4 Å². The summed E-state index contributed by atoms with van der Waals surface area (Å²) < 4.78 is 10.7. The van der Waals surface area contributed by atoms with Gasteiger partial charge in [0.05, 0.1) is 29.9 Å². The average Bonchev–Trinajstić information content (AvgIpc) is 2.54. The summed E-state index contributed by atoms with van der Waals surface area (Å²) in [6.07, 6.45) is 0. The number of nitro groups is 1. The molecule has 23 heavy (non-hydrogen) atoms. The van der Waals surface area contributed by atoms with Gasteiger partial charge >= 0.3 is 0 Å². The Labute approximate surface area is 139 Å². The Morgan fingerprint density at radius 3 is 2.52 bits per heavy atom. The Hall–Kier alpha value is -2.47. The molecule has 7 heteroatoms. The van der Waals surface area contributed by atoms with Crippen LogP contribution in [0.25, 0.3) is 0 Å². The van der Waals surface area contributed by atoms with Crippen molar-refractivity contribution < 1.29 is 14.4 Å². The molecule has 0 bridgehead atoms. The van der Waals surface area contributed by atoms with Crippen LogP contribution >= 0.6 is 11.6 Å². The topological polar surface area (TPSA) is 64.8 Å². The molecular formula is C16H17ClN2O4. The van der Waals surface area contributed by atoms with Gasteiger partial charge in [0.2, 0.25) is 0 Å². The molecule has 0 heterocycles. The highest BCUT2D eigenvalue weighted by molar-refractivity contribution is 6.33. The van der Waals surface area contributed by atoms with Gasteiger partial charge in [-0.3, -0.25) is 10.1 Å². The van der Waals surface area contributed by atoms with Crippen molar-refractivity contribution in [3.8, 4) is 11.5 Å². The van der Waals surface area contributed by atoms with Crippen LogP contribution in [0.1, 0.15) is 5.56 Å². The summed E-state index contributed by atoms with van der Waals surface area (Å²) in [5.41, 5.74) is 1.58. The Morgan fingerprint density at radius 1 is 1.22 bits per heavy atom. The van der Waals surface area contributed by atoms with E-state index in [0.29, 0.717) is 28.8 Å². The second-order valence-electron chi connectivity index (χ2n) is 4.90. The van der Waals surface area contributed by atoms with E-state index in [1.165, 1.54) is 12.1 Å². The SMILES string of the molecule is COc1cccc(CN(C)c2ccc([N+](=O)[O-])cc2Cl)c1OC. The number of para-hydroxylation sites is 1. The van der Waals surface area contributed by atoms with E-state index in [0.717, 1.165) is 5.56 Å². The van der Waals surface area contributed by atoms with Gasteiger partial charge in [-0.15, -0.1) is 0 Å². The van der Waals surface area contributed by atoms with Gasteiger partial charge in [0, 0.05) is 31.3 Å². The van der Waals surface area contributed by atoms with Crippen LogP contribution in [0.15, 0.2) is 36.4 Å². The van der Waals surface area contributed by atoms with Crippen molar-refractivity contribution in [2.75, 3.05) is 26.2 Å². The van der Waals surface area contributed by atoms with Crippen LogP contribution in [0.5, 0.6) is 11.5 Å². The van der Waals surface area contributed by atoms with Gasteiger partial charge < -0.3 is 14.4 Å². The zero-order valence-corrected chi connectivity index (χ0v) is 13.8. The summed E-state index contributed by atoms with van der Waals surface area (Å²) in [6, 6.07) is 10.0. The first-order valence-electron chi connectivity index (χ1n) is 6.83. The Kier molecular flexibility index (Phi) is 5.28. The monoisotopic (exact) mass is 336 g/mol. The molecular weight excluding hydrogens is 320 g/mol. The molecule has 2 rings (SSSR count).